The Balaban J connectivity index is 2.42. The lowest BCUT2D eigenvalue weighted by Crippen LogP contribution is -2.59. The summed E-state index contributed by atoms with van der Waals surface area (Å²) >= 11 is 0. The first-order valence-electron chi connectivity index (χ1n) is 20.0. The van der Waals surface area contributed by atoms with Crippen LogP contribution in [0.2, 0.25) is 0 Å². The summed E-state index contributed by atoms with van der Waals surface area (Å²) in [5.41, 5.74) is 0. The van der Waals surface area contributed by atoms with Gasteiger partial charge in [-0.05, 0) is 77.0 Å². The number of hydrogen-bond donors (Lipinski definition) is 4. The summed E-state index contributed by atoms with van der Waals surface area (Å²) in [6.07, 6.45) is 33.4. The predicted octanol–water partition coefficient (Wildman–Crippen LogP) is 7.66. The molecule has 0 aromatic carbocycles. The van der Waals surface area contributed by atoms with E-state index >= 15 is 0 Å². The van der Waals surface area contributed by atoms with E-state index in [1.165, 1.54) is 0 Å². The van der Waals surface area contributed by atoms with Crippen LogP contribution in [0.1, 0.15) is 129 Å². The van der Waals surface area contributed by atoms with Gasteiger partial charge >= 0.3 is 11.9 Å². The van der Waals surface area contributed by atoms with Gasteiger partial charge in [0.2, 0.25) is 0 Å². The second kappa shape index (κ2) is 33.7. The molecule has 4 N–H and O–H groups in total. The average Bonchev–Trinajstić information content (AvgIpc) is 3.15. The Kier molecular flexibility index (Phi) is 30.6. The van der Waals surface area contributed by atoms with Gasteiger partial charge in [0.25, 0.3) is 0 Å². The third kappa shape index (κ3) is 25.7. The van der Waals surface area contributed by atoms with Gasteiger partial charge in [-0.2, -0.15) is 0 Å². The van der Waals surface area contributed by atoms with E-state index in [1.807, 2.05) is 0 Å². The summed E-state index contributed by atoms with van der Waals surface area (Å²) in [6, 6.07) is 0. The van der Waals surface area contributed by atoms with Crippen LogP contribution in [0.5, 0.6) is 0 Å². The zero-order valence-electron chi connectivity index (χ0n) is 32.5. The standard InChI is InChI=1S/C43H70O10/c1-3-5-7-9-11-13-15-17-18-20-21-23-25-27-29-31-38(45)50-34-36(35-51-43-42(49)41(48)40(47)37(33-44)53-43)52-39(46)32-30-28-26-24-22-19-16-14-12-10-8-6-4-2/h5-8,11-14,17-19,22,36-37,40-44,47-49H,3-4,9-10,15-16,20-21,23-35H2,1-2H3/b7-5-,8-6-,13-11-,14-12-,18-17-,22-19-/t36-,37-,40+,41?,42?,43-/m1/s1. The molecule has 6 atom stereocenters. The van der Waals surface area contributed by atoms with Gasteiger partial charge in [0.15, 0.2) is 12.4 Å². The molecule has 0 spiro atoms. The second-order valence-electron chi connectivity index (χ2n) is 13.3. The first-order chi connectivity index (χ1) is 25.8. The maximum Gasteiger partial charge on any atom is 0.306 e. The number of hydrogen-bond acceptors (Lipinski definition) is 10. The molecule has 1 aliphatic rings. The zero-order chi connectivity index (χ0) is 38.8. The van der Waals surface area contributed by atoms with Gasteiger partial charge in [0, 0.05) is 12.8 Å². The Morgan fingerprint density at radius 3 is 1.60 bits per heavy atom. The van der Waals surface area contributed by atoms with Crippen molar-refractivity contribution in [1.82, 2.24) is 0 Å². The van der Waals surface area contributed by atoms with E-state index < -0.39 is 55.4 Å². The number of allylic oxidation sites excluding steroid dienone is 12. The summed E-state index contributed by atoms with van der Waals surface area (Å²) in [6.45, 7) is 3.11. The highest BCUT2D eigenvalue weighted by atomic mass is 16.7. The molecule has 0 bridgehead atoms. The minimum absolute atomic E-state index is 0.187. The molecular formula is C43H70O10. The monoisotopic (exact) mass is 746 g/mol. The van der Waals surface area contributed by atoms with Crippen molar-refractivity contribution < 1.29 is 49.0 Å². The predicted molar refractivity (Wildman–Crippen MR) is 210 cm³/mol. The first kappa shape index (κ1) is 48.2. The van der Waals surface area contributed by atoms with Crippen LogP contribution < -0.4 is 0 Å². The van der Waals surface area contributed by atoms with Crippen molar-refractivity contribution >= 4 is 11.9 Å². The van der Waals surface area contributed by atoms with Gasteiger partial charge in [0.05, 0.1) is 13.2 Å². The van der Waals surface area contributed by atoms with E-state index in [2.05, 4.69) is 86.8 Å². The zero-order valence-corrected chi connectivity index (χ0v) is 32.5. The molecule has 0 aromatic heterocycles. The Morgan fingerprint density at radius 1 is 0.585 bits per heavy atom. The largest absolute Gasteiger partial charge is 0.462 e. The number of aliphatic hydroxyl groups excluding tert-OH is 4. The Hall–Kier alpha value is -2.86. The highest BCUT2D eigenvalue weighted by molar-refractivity contribution is 5.70. The maximum atomic E-state index is 12.7. The molecule has 10 heteroatoms. The van der Waals surface area contributed by atoms with Crippen molar-refractivity contribution in [3.63, 3.8) is 0 Å². The highest BCUT2D eigenvalue weighted by Gasteiger charge is 2.44. The number of esters is 2. The van der Waals surface area contributed by atoms with Crippen LogP contribution in [0.25, 0.3) is 0 Å². The minimum Gasteiger partial charge on any atom is -0.462 e. The van der Waals surface area contributed by atoms with Crippen LogP contribution >= 0.6 is 0 Å². The van der Waals surface area contributed by atoms with Gasteiger partial charge in [-0.25, -0.2) is 0 Å². The van der Waals surface area contributed by atoms with Crippen molar-refractivity contribution in [2.24, 2.45) is 0 Å². The van der Waals surface area contributed by atoms with Crippen molar-refractivity contribution in [2.75, 3.05) is 19.8 Å². The fraction of sp³-hybridized carbons (Fsp3) is 0.674. The van der Waals surface area contributed by atoms with Gasteiger partial charge in [0.1, 0.15) is 31.0 Å². The molecule has 1 fully saturated rings. The molecule has 1 saturated heterocycles. The average molecular weight is 747 g/mol. The molecule has 53 heavy (non-hydrogen) atoms. The molecule has 1 rings (SSSR count). The molecule has 10 nitrogen and oxygen atoms in total. The molecule has 0 amide bonds. The summed E-state index contributed by atoms with van der Waals surface area (Å²) in [4.78, 5) is 25.2. The van der Waals surface area contributed by atoms with E-state index in [-0.39, 0.29) is 26.1 Å². The van der Waals surface area contributed by atoms with Gasteiger partial charge in [-0.1, -0.05) is 112 Å². The van der Waals surface area contributed by atoms with E-state index in [9.17, 15) is 30.0 Å². The number of unbranched alkanes of at least 4 members (excludes halogenated alkanes) is 8. The minimum atomic E-state index is -1.61. The topological polar surface area (TPSA) is 152 Å². The molecule has 0 saturated carbocycles. The van der Waals surface area contributed by atoms with Crippen molar-refractivity contribution in [1.29, 1.82) is 0 Å². The quantitative estimate of drug-likeness (QED) is 0.0316. The van der Waals surface area contributed by atoms with Gasteiger partial charge in [-0.3, -0.25) is 9.59 Å². The molecule has 0 radical (unpaired) electrons. The summed E-state index contributed by atoms with van der Waals surface area (Å²) in [7, 11) is 0. The maximum absolute atomic E-state index is 12.7. The second-order valence-corrected chi connectivity index (χ2v) is 13.3. The Morgan fingerprint density at radius 2 is 1.06 bits per heavy atom. The van der Waals surface area contributed by atoms with Gasteiger partial charge < -0.3 is 39.4 Å². The first-order valence-corrected chi connectivity index (χ1v) is 20.0. The van der Waals surface area contributed by atoms with E-state index in [1.54, 1.807) is 0 Å². The van der Waals surface area contributed by atoms with Crippen molar-refractivity contribution in [2.45, 2.75) is 166 Å². The normalized spacial score (nSPS) is 21.7. The van der Waals surface area contributed by atoms with E-state index in [4.69, 9.17) is 18.9 Å². The van der Waals surface area contributed by atoms with E-state index in [0.29, 0.717) is 12.8 Å². The molecular weight excluding hydrogens is 676 g/mol. The summed E-state index contributed by atoms with van der Waals surface area (Å²) in [5.74, 6) is -0.871. The van der Waals surface area contributed by atoms with E-state index in [0.717, 1.165) is 89.9 Å². The van der Waals surface area contributed by atoms with Gasteiger partial charge in [-0.15, -0.1) is 0 Å². The SMILES string of the molecule is CC/C=C\C/C=C\C/C=C\CCCCCCCC(=O)OC[C@H](CO[C@@H]1O[C@H](CO)[C@H](O)C(O)C1O)OC(=O)CCCCC/C=C\C/C=C\C/C=C\CC. The third-order valence-electron chi connectivity index (χ3n) is 8.59. The van der Waals surface area contributed by atoms with Crippen LogP contribution in [-0.2, 0) is 28.5 Å². The van der Waals surface area contributed by atoms with Crippen LogP contribution in [0.4, 0.5) is 0 Å². The molecule has 0 aliphatic carbocycles. The smallest absolute Gasteiger partial charge is 0.306 e. The Bertz CT molecular complexity index is 1090. The van der Waals surface area contributed by atoms with Crippen LogP contribution in [0, 0.1) is 0 Å². The molecule has 302 valence electrons. The van der Waals surface area contributed by atoms with Crippen LogP contribution in [0.3, 0.4) is 0 Å². The third-order valence-corrected chi connectivity index (χ3v) is 8.59. The number of ether oxygens (including phenoxy) is 4. The molecule has 1 aliphatic heterocycles. The lowest BCUT2D eigenvalue weighted by atomic mass is 9.99. The fourth-order valence-corrected chi connectivity index (χ4v) is 5.45. The van der Waals surface area contributed by atoms with Crippen LogP contribution in [-0.4, -0.2) is 89.0 Å². The number of carbonyl (C=O) groups excluding carboxylic acids is 2. The van der Waals surface area contributed by atoms with Crippen molar-refractivity contribution in [3.8, 4) is 0 Å². The summed E-state index contributed by atoms with van der Waals surface area (Å²) < 4.78 is 22.0. The van der Waals surface area contributed by atoms with Crippen LogP contribution in [0.15, 0.2) is 72.9 Å². The molecule has 0 aromatic rings. The van der Waals surface area contributed by atoms with Crippen molar-refractivity contribution in [3.05, 3.63) is 72.9 Å². The summed E-state index contributed by atoms with van der Waals surface area (Å²) in [5, 5.41) is 39.9. The fourth-order valence-electron chi connectivity index (χ4n) is 5.45. The number of carbonyl (C=O) groups is 2. The number of rotatable bonds is 31. The lowest BCUT2D eigenvalue weighted by molar-refractivity contribution is -0.305. The number of aliphatic hydroxyl groups is 4. The lowest BCUT2D eigenvalue weighted by Gasteiger charge is -2.39. The highest BCUT2D eigenvalue weighted by Crippen LogP contribution is 2.22. The molecule has 2 unspecified atom stereocenters. The molecule has 1 heterocycles. The Labute approximate surface area is 319 Å².